The van der Waals surface area contributed by atoms with Gasteiger partial charge in [-0.1, -0.05) is 18.2 Å². The van der Waals surface area contributed by atoms with E-state index in [4.69, 9.17) is 9.39 Å². The summed E-state index contributed by atoms with van der Waals surface area (Å²) < 4.78 is 9.91. The summed E-state index contributed by atoms with van der Waals surface area (Å²) in [5.41, 5.74) is 2.46. The van der Waals surface area contributed by atoms with Crippen LogP contribution in [0.5, 0.6) is 0 Å². The Morgan fingerprint density at radius 1 is 1.65 bits per heavy atom. The first kappa shape index (κ1) is 11.9. The topological polar surface area (TPSA) is 55.8 Å². The van der Waals surface area contributed by atoms with Crippen molar-refractivity contribution in [2.24, 2.45) is 0 Å². The van der Waals surface area contributed by atoms with E-state index in [-0.39, 0.29) is 0 Å². The van der Waals surface area contributed by atoms with Crippen molar-refractivity contribution in [3.05, 3.63) is 35.4 Å². The second kappa shape index (κ2) is 5.16. The van der Waals surface area contributed by atoms with Crippen LogP contribution in [0.25, 0.3) is 6.08 Å². The Morgan fingerprint density at radius 3 is 3.24 bits per heavy atom. The third-order valence-corrected chi connectivity index (χ3v) is 2.56. The molecule has 2 rings (SSSR count). The maximum atomic E-state index is 11.2. The van der Waals surface area contributed by atoms with Crippen LogP contribution in [-0.2, 0) is 20.8 Å². The Hall–Kier alpha value is -1.59. The van der Waals surface area contributed by atoms with Gasteiger partial charge in [0, 0.05) is 6.08 Å². The molecule has 0 bridgehead atoms. The van der Waals surface area contributed by atoms with E-state index in [2.05, 4.69) is 0 Å². The summed E-state index contributed by atoms with van der Waals surface area (Å²) in [6.07, 6.45) is 2.99. The molecule has 1 aliphatic heterocycles. The van der Waals surface area contributed by atoms with E-state index in [1.807, 2.05) is 18.2 Å². The summed E-state index contributed by atoms with van der Waals surface area (Å²) in [6, 6.07) is 5.59. The van der Waals surface area contributed by atoms with Gasteiger partial charge in [-0.2, -0.15) is 0 Å². The number of benzene rings is 1. The minimum Gasteiger partial charge on any atom is -0.463 e. The molecule has 0 radical (unpaired) electrons. The molecule has 0 unspecified atom stereocenters. The van der Waals surface area contributed by atoms with Gasteiger partial charge in [0.05, 0.1) is 13.2 Å². The zero-order chi connectivity index (χ0) is 12.3. The number of esters is 1. The van der Waals surface area contributed by atoms with Crippen molar-refractivity contribution in [2.75, 3.05) is 6.61 Å². The smallest absolute Gasteiger partial charge is 0.463 e. The van der Waals surface area contributed by atoms with Gasteiger partial charge < -0.3 is 14.4 Å². The molecule has 0 aliphatic carbocycles. The molecule has 1 aliphatic rings. The van der Waals surface area contributed by atoms with Gasteiger partial charge in [-0.3, -0.25) is 0 Å². The van der Waals surface area contributed by atoms with Crippen molar-refractivity contribution >= 4 is 24.6 Å². The fourth-order valence-corrected chi connectivity index (χ4v) is 1.81. The molecule has 17 heavy (non-hydrogen) atoms. The molecule has 1 heterocycles. The van der Waals surface area contributed by atoms with Crippen molar-refractivity contribution in [3.63, 3.8) is 0 Å². The van der Waals surface area contributed by atoms with Gasteiger partial charge in [-0.05, 0) is 29.6 Å². The minimum atomic E-state index is -0.909. The normalized spacial score (nSPS) is 14.1. The summed E-state index contributed by atoms with van der Waals surface area (Å²) in [5, 5.41) is 9.66. The standard InChI is InChI=1S/C12H13BO4/c1-2-16-11(14)7-6-9-4-3-5-10-8-17-13(15)12(9)10/h3-7,15H,2,8H2,1H3/b7-6+/i8+2. The molecule has 0 spiro atoms. The second-order valence-corrected chi connectivity index (χ2v) is 3.67. The number of rotatable bonds is 3. The van der Waals surface area contributed by atoms with Crippen LogP contribution < -0.4 is 5.46 Å². The molecule has 5 heteroatoms. The van der Waals surface area contributed by atoms with Crippen LogP contribution in [0, 0.1) is 0 Å². The van der Waals surface area contributed by atoms with Crippen LogP contribution in [0.4, 0.5) is 0 Å². The highest BCUT2D eigenvalue weighted by atomic mass is 16.7. The molecule has 88 valence electrons. The number of carbonyl (C=O) groups excluding carboxylic acids is 1. The molecular formula is C12H13BO4. The van der Waals surface area contributed by atoms with Crippen molar-refractivity contribution in [1.82, 2.24) is 0 Å². The first-order chi connectivity index (χ1) is 8.22. The zero-order valence-electron chi connectivity index (χ0n) is 9.55. The summed E-state index contributed by atoms with van der Waals surface area (Å²) in [4.78, 5) is 11.2. The van der Waals surface area contributed by atoms with E-state index in [1.165, 1.54) is 6.08 Å². The summed E-state index contributed by atoms with van der Waals surface area (Å²) in [5.74, 6) is -0.390. The molecule has 0 saturated heterocycles. The second-order valence-electron chi connectivity index (χ2n) is 3.67. The first-order valence-corrected chi connectivity index (χ1v) is 5.48. The van der Waals surface area contributed by atoms with Crippen LogP contribution in [0.15, 0.2) is 24.3 Å². The predicted molar refractivity (Wildman–Crippen MR) is 64.5 cm³/mol. The predicted octanol–water partition coefficient (Wildman–Crippen LogP) is 0.481. The van der Waals surface area contributed by atoms with E-state index in [0.717, 1.165) is 16.6 Å². The van der Waals surface area contributed by atoms with Crippen LogP contribution in [0.3, 0.4) is 0 Å². The largest absolute Gasteiger partial charge is 0.492 e. The van der Waals surface area contributed by atoms with Crippen LogP contribution in [0.2, 0.25) is 0 Å². The monoisotopic (exact) mass is 234 g/mol. The lowest BCUT2D eigenvalue weighted by molar-refractivity contribution is -0.137. The number of carbonyl (C=O) groups is 1. The highest BCUT2D eigenvalue weighted by Gasteiger charge is 2.28. The van der Waals surface area contributed by atoms with Gasteiger partial charge in [-0.15, -0.1) is 0 Å². The van der Waals surface area contributed by atoms with E-state index in [0.29, 0.717) is 13.2 Å². The lowest BCUT2D eigenvalue weighted by atomic mass is 9.76. The van der Waals surface area contributed by atoms with Gasteiger partial charge in [0.25, 0.3) is 0 Å². The first-order valence-electron chi connectivity index (χ1n) is 5.48. The lowest BCUT2D eigenvalue weighted by Gasteiger charge is -2.03. The Morgan fingerprint density at radius 2 is 2.47 bits per heavy atom. The van der Waals surface area contributed by atoms with Crippen LogP contribution >= 0.6 is 0 Å². The Balaban J connectivity index is 2.23. The van der Waals surface area contributed by atoms with Gasteiger partial charge in [0.15, 0.2) is 0 Å². The molecule has 4 nitrogen and oxygen atoms in total. The molecule has 1 N–H and O–H groups in total. The maximum absolute atomic E-state index is 11.2. The summed E-state index contributed by atoms with van der Waals surface area (Å²) in [7, 11) is -0.909. The Kier molecular flexibility index (Phi) is 3.61. The van der Waals surface area contributed by atoms with Crippen molar-refractivity contribution in [1.29, 1.82) is 0 Å². The van der Waals surface area contributed by atoms with Crippen LogP contribution in [0.1, 0.15) is 18.1 Å². The lowest BCUT2D eigenvalue weighted by Crippen LogP contribution is -2.30. The zero-order valence-corrected chi connectivity index (χ0v) is 9.55. The maximum Gasteiger partial charge on any atom is 0.492 e. The molecule has 0 atom stereocenters. The Bertz CT molecular complexity index is 456. The van der Waals surface area contributed by atoms with Gasteiger partial charge in [-0.25, -0.2) is 4.79 Å². The third kappa shape index (κ3) is 2.57. The molecular weight excluding hydrogens is 221 g/mol. The van der Waals surface area contributed by atoms with Gasteiger partial charge in [0.1, 0.15) is 0 Å². The highest BCUT2D eigenvalue weighted by Crippen LogP contribution is 2.13. The van der Waals surface area contributed by atoms with Gasteiger partial charge in [0.2, 0.25) is 0 Å². The van der Waals surface area contributed by atoms with E-state index in [9.17, 15) is 9.82 Å². The van der Waals surface area contributed by atoms with E-state index >= 15 is 0 Å². The summed E-state index contributed by atoms with van der Waals surface area (Å²) >= 11 is 0. The quantitative estimate of drug-likeness (QED) is 0.469. The van der Waals surface area contributed by atoms with E-state index in [1.54, 1.807) is 13.0 Å². The van der Waals surface area contributed by atoms with Gasteiger partial charge >= 0.3 is 13.1 Å². The molecule has 0 aromatic heterocycles. The van der Waals surface area contributed by atoms with E-state index < -0.39 is 13.1 Å². The average molecular weight is 234 g/mol. The minimum absolute atomic E-state index is 0.349. The molecule has 0 amide bonds. The molecule has 0 saturated carbocycles. The average Bonchev–Trinajstić information content (AvgIpc) is 2.70. The number of fused-ring (bicyclic) bond motifs is 1. The highest BCUT2D eigenvalue weighted by molar-refractivity contribution is 6.62. The molecule has 0 fully saturated rings. The number of hydrogen-bond acceptors (Lipinski definition) is 4. The fourth-order valence-electron chi connectivity index (χ4n) is 1.81. The van der Waals surface area contributed by atoms with Crippen molar-refractivity contribution in [2.45, 2.75) is 13.5 Å². The van der Waals surface area contributed by atoms with Crippen LogP contribution in [-0.4, -0.2) is 24.7 Å². The van der Waals surface area contributed by atoms with Crippen molar-refractivity contribution < 1.29 is 19.2 Å². The SMILES string of the molecule is CCOC(=O)/C=C/c1cccc2c1B(O)O[14CH2]2. The fraction of sp³-hybridized carbons (Fsp3) is 0.250. The van der Waals surface area contributed by atoms with Crippen molar-refractivity contribution in [3.8, 4) is 0 Å². The number of hydrogen-bond donors (Lipinski definition) is 1. The number of ether oxygens (including phenoxy) is 1. The Labute approximate surface area is 100 Å². The third-order valence-electron chi connectivity index (χ3n) is 2.56. The summed E-state index contributed by atoms with van der Waals surface area (Å²) in [6.45, 7) is 2.50. The molecule has 1 aromatic rings. The molecule has 1 aromatic carbocycles.